The van der Waals surface area contributed by atoms with Gasteiger partial charge in [0.15, 0.2) is 5.82 Å². The number of rotatable bonds is 3. The second-order valence-corrected chi connectivity index (χ2v) is 8.60. The molecule has 1 N–H and O–H groups in total. The van der Waals surface area contributed by atoms with Crippen molar-refractivity contribution < 1.29 is 18.4 Å². The van der Waals surface area contributed by atoms with Crippen LogP contribution in [0.4, 0.5) is 8.78 Å². The van der Waals surface area contributed by atoms with Gasteiger partial charge in [-0.15, -0.1) is 0 Å². The summed E-state index contributed by atoms with van der Waals surface area (Å²) in [6.45, 7) is 7.17. The number of benzene rings is 1. The highest BCUT2D eigenvalue weighted by Gasteiger charge is 2.54. The first-order valence-electron chi connectivity index (χ1n) is 10.1. The first-order chi connectivity index (χ1) is 14.2. The van der Waals surface area contributed by atoms with Gasteiger partial charge in [-0.2, -0.15) is 5.10 Å². The van der Waals surface area contributed by atoms with Crippen LogP contribution in [-0.4, -0.2) is 63.0 Å². The van der Waals surface area contributed by atoms with E-state index in [-0.39, 0.29) is 23.3 Å². The molecule has 0 saturated carbocycles. The van der Waals surface area contributed by atoms with Gasteiger partial charge in [-0.1, -0.05) is 13.8 Å². The standard InChI is InChI=1S/C21H25F2N5O2/c1-12(2)18(29)28-10-14-9-27(19(30)16-8-15(22)4-5-17(16)23)7-6-21(14,11-28)20-24-13(3)25-26-20/h4-5,8,12,14H,6-7,9-11H2,1-3H3,(H,24,25,26). The summed E-state index contributed by atoms with van der Waals surface area (Å²) in [5.41, 5.74) is -0.739. The number of carbonyl (C=O) groups is 2. The lowest BCUT2D eigenvalue weighted by atomic mass is 9.71. The highest BCUT2D eigenvalue weighted by Crippen LogP contribution is 2.44. The summed E-state index contributed by atoms with van der Waals surface area (Å²) >= 11 is 0. The molecule has 1 aromatic carbocycles. The predicted molar refractivity (Wildman–Crippen MR) is 105 cm³/mol. The summed E-state index contributed by atoms with van der Waals surface area (Å²) in [4.78, 5) is 33.5. The van der Waals surface area contributed by atoms with Crippen LogP contribution < -0.4 is 0 Å². The number of nitrogens with zero attached hydrogens (tertiary/aromatic N) is 4. The Morgan fingerprint density at radius 2 is 1.97 bits per heavy atom. The van der Waals surface area contributed by atoms with Crippen molar-refractivity contribution in [1.82, 2.24) is 25.0 Å². The Morgan fingerprint density at radius 3 is 2.63 bits per heavy atom. The topological polar surface area (TPSA) is 82.2 Å². The van der Waals surface area contributed by atoms with E-state index in [4.69, 9.17) is 0 Å². The lowest BCUT2D eigenvalue weighted by Crippen LogP contribution is -2.52. The van der Waals surface area contributed by atoms with Crippen molar-refractivity contribution in [1.29, 1.82) is 0 Å². The zero-order chi connectivity index (χ0) is 21.6. The van der Waals surface area contributed by atoms with Gasteiger partial charge >= 0.3 is 0 Å². The van der Waals surface area contributed by atoms with Crippen LogP contribution in [0.1, 0.15) is 42.3 Å². The molecular formula is C21H25F2N5O2. The molecule has 2 aromatic rings. The van der Waals surface area contributed by atoms with Crippen LogP contribution in [0.5, 0.6) is 0 Å². The maximum Gasteiger partial charge on any atom is 0.256 e. The Hall–Kier alpha value is -2.84. The Labute approximate surface area is 173 Å². The average Bonchev–Trinajstić information content (AvgIpc) is 3.32. The van der Waals surface area contributed by atoms with Crippen LogP contribution in [0.2, 0.25) is 0 Å². The fraction of sp³-hybridized carbons (Fsp3) is 0.524. The second-order valence-electron chi connectivity index (χ2n) is 8.60. The molecule has 2 aliphatic heterocycles. The highest BCUT2D eigenvalue weighted by atomic mass is 19.1. The highest BCUT2D eigenvalue weighted by molar-refractivity contribution is 5.94. The van der Waals surface area contributed by atoms with Gasteiger partial charge in [-0.05, 0) is 31.5 Å². The number of hydrogen-bond acceptors (Lipinski definition) is 4. The first kappa shape index (κ1) is 20.4. The van der Waals surface area contributed by atoms with Gasteiger partial charge < -0.3 is 9.80 Å². The number of likely N-dealkylation sites (tertiary alicyclic amines) is 2. The molecule has 7 nitrogen and oxygen atoms in total. The number of hydrogen-bond donors (Lipinski definition) is 1. The number of H-pyrrole nitrogens is 1. The number of amides is 2. The van der Waals surface area contributed by atoms with E-state index in [1.54, 1.807) is 4.90 Å². The van der Waals surface area contributed by atoms with Crippen molar-refractivity contribution in [2.45, 2.75) is 32.6 Å². The van der Waals surface area contributed by atoms with Crippen LogP contribution in [0.15, 0.2) is 18.2 Å². The van der Waals surface area contributed by atoms with E-state index < -0.39 is 23.0 Å². The third-order valence-electron chi connectivity index (χ3n) is 6.26. The summed E-state index contributed by atoms with van der Waals surface area (Å²) in [7, 11) is 0. The van der Waals surface area contributed by atoms with E-state index in [2.05, 4.69) is 15.2 Å². The molecule has 2 unspecified atom stereocenters. The van der Waals surface area contributed by atoms with Gasteiger partial charge in [-0.3, -0.25) is 14.7 Å². The predicted octanol–water partition coefficient (Wildman–Crippen LogP) is 2.29. The molecule has 1 aromatic heterocycles. The van der Waals surface area contributed by atoms with Gasteiger partial charge in [0.1, 0.15) is 17.5 Å². The molecule has 2 saturated heterocycles. The molecule has 0 spiro atoms. The molecule has 160 valence electrons. The van der Waals surface area contributed by atoms with Crippen molar-refractivity contribution in [2.75, 3.05) is 26.2 Å². The molecule has 0 bridgehead atoms. The molecule has 3 heterocycles. The van der Waals surface area contributed by atoms with E-state index in [0.29, 0.717) is 44.2 Å². The lowest BCUT2D eigenvalue weighted by Gasteiger charge is -2.41. The molecule has 2 fully saturated rings. The number of halogens is 2. The van der Waals surface area contributed by atoms with Crippen molar-refractivity contribution in [3.63, 3.8) is 0 Å². The van der Waals surface area contributed by atoms with Crippen molar-refractivity contribution >= 4 is 11.8 Å². The Kier molecular flexibility index (Phi) is 5.07. The summed E-state index contributed by atoms with van der Waals surface area (Å²) in [5, 5.41) is 7.26. The molecule has 2 aliphatic rings. The third kappa shape index (κ3) is 3.36. The molecule has 0 aliphatic carbocycles. The van der Waals surface area contributed by atoms with Gasteiger partial charge in [0.25, 0.3) is 5.91 Å². The minimum absolute atomic E-state index is 0.0464. The number of carbonyl (C=O) groups excluding carboxylic acids is 2. The maximum atomic E-state index is 14.2. The molecular weight excluding hydrogens is 392 g/mol. The van der Waals surface area contributed by atoms with Crippen LogP contribution >= 0.6 is 0 Å². The minimum Gasteiger partial charge on any atom is -0.341 e. The van der Waals surface area contributed by atoms with Crippen molar-refractivity contribution in [2.24, 2.45) is 11.8 Å². The fourth-order valence-electron chi connectivity index (χ4n) is 4.66. The first-order valence-corrected chi connectivity index (χ1v) is 10.1. The van der Waals surface area contributed by atoms with Crippen LogP contribution in [-0.2, 0) is 10.2 Å². The van der Waals surface area contributed by atoms with Gasteiger partial charge in [0.05, 0.1) is 11.0 Å². The molecule has 30 heavy (non-hydrogen) atoms. The van der Waals surface area contributed by atoms with Gasteiger partial charge in [-0.25, -0.2) is 13.8 Å². The Bertz CT molecular complexity index is 992. The number of nitrogens with one attached hydrogen (secondary N) is 1. The number of aromatic nitrogens is 3. The quantitative estimate of drug-likeness (QED) is 0.831. The van der Waals surface area contributed by atoms with Crippen molar-refractivity contribution in [3.8, 4) is 0 Å². The monoisotopic (exact) mass is 417 g/mol. The number of aryl methyl sites for hydroxylation is 1. The summed E-state index contributed by atoms with van der Waals surface area (Å²) in [6.07, 6.45) is 0.541. The zero-order valence-corrected chi connectivity index (χ0v) is 17.3. The minimum atomic E-state index is -0.745. The third-order valence-corrected chi connectivity index (χ3v) is 6.26. The smallest absolute Gasteiger partial charge is 0.256 e. The van der Waals surface area contributed by atoms with E-state index in [0.717, 1.165) is 18.2 Å². The second kappa shape index (κ2) is 7.45. The largest absolute Gasteiger partial charge is 0.341 e. The van der Waals surface area contributed by atoms with E-state index in [1.165, 1.54) is 0 Å². The van der Waals surface area contributed by atoms with Crippen molar-refractivity contribution in [3.05, 3.63) is 47.0 Å². The number of fused-ring (bicyclic) bond motifs is 1. The molecule has 2 amide bonds. The normalized spacial score (nSPS) is 23.7. The van der Waals surface area contributed by atoms with Gasteiger partial charge in [0.2, 0.25) is 5.91 Å². The maximum absolute atomic E-state index is 14.2. The van der Waals surface area contributed by atoms with Gasteiger partial charge in [0, 0.05) is 38.0 Å². The Morgan fingerprint density at radius 1 is 1.23 bits per heavy atom. The summed E-state index contributed by atoms with van der Waals surface area (Å²) in [5.74, 6) is -0.798. The Balaban J connectivity index is 1.64. The van der Waals surface area contributed by atoms with E-state index in [9.17, 15) is 18.4 Å². The molecule has 2 atom stereocenters. The lowest BCUT2D eigenvalue weighted by molar-refractivity contribution is -0.133. The molecule has 4 rings (SSSR count). The van der Waals surface area contributed by atoms with Crippen LogP contribution in [0, 0.1) is 30.4 Å². The summed E-state index contributed by atoms with van der Waals surface area (Å²) < 4.78 is 27.7. The fourth-order valence-corrected chi connectivity index (χ4v) is 4.66. The van der Waals surface area contributed by atoms with E-state index in [1.807, 2.05) is 25.7 Å². The van der Waals surface area contributed by atoms with Crippen LogP contribution in [0.3, 0.4) is 0 Å². The molecule has 9 heteroatoms. The molecule has 0 radical (unpaired) electrons. The SMILES string of the molecule is Cc1nc(C23CCN(C(=O)c4cc(F)ccc4F)CC2CN(C(=O)C(C)C)C3)n[nH]1. The van der Waals surface area contributed by atoms with Crippen LogP contribution in [0.25, 0.3) is 0 Å². The zero-order valence-electron chi connectivity index (χ0n) is 17.3. The number of piperidine rings is 1. The van der Waals surface area contributed by atoms with E-state index >= 15 is 0 Å². The summed E-state index contributed by atoms with van der Waals surface area (Å²) in [6, 6.07) is 2.89. The average molecular weight is 417 g/mol. The number of aromatic amines is 1.